The molecule has 1 atom stereocenters. The average molecular weight is 290 g/mol. The van der Waals surface area contributed by atoms with Gasteiger partial charge in [0.15, 0.2) is 9.84 Å². The Morgan fingerprint density at radius 2 is 2.28 bits per heavy atom. The van der Waals surface area contributed by atoms with Crippen molar-refractivity contribution in [3.05, 3.63) is 5.89 Å². The largest absolute Gasteiger partial charge is 0.416 e. The standard InChI is InChI=1S/C10H14N2O4S2/c1-7(13)5-17-10-12-11-9(16-10)4-8-2-3-18(14,15)6-8/h8H,2-6H2,1H3/t8-/m1/s1. The van der Waals surface area contributed by atoms with Gasteiger partial charge in [-0.3, -0.25) is 4.79 Å². The van der Waals surface area contributed by atoms with Crippen LogP contribution in [0.3, 0.4) is 0 Å². The van der Waals surface area contributed by atoms with Gasteiger partial charge in [0, 0.05) is 6.42 Å². The van der Waals surface area contributed by atoms with Crippen molar-refractivity contribution in [2.45, 2.75) is 25.0 Å². The second-order valence-electron chi connectivity index (χ2n) is 4.43. The van der Waals surface area contributed by atoms with Gasteiger partial charge in [0.05, 0.1) is 17.3 Å². The van der Waals surface area contributed by atoms with Crippen LogP contribution in [0, 0.1) is 5.92 Å². The number of hydrogen-bond acceptors (Lipinski definition) is 7. The Balaban J connectivity index is 1.89. The zero-order valence-corrected chi connectivity index (χ0v) is 11.6. The Kier molecular flexibility index (Phi) is 4.06. The van der Waals surface area contributed by atoms with Crippen LogP contribution in [-0.2, 0) is 21.1 Å². The minimum absolute atomic E-state index is 0.0432. The van der Waals surface area contributed by atoms with Gasteiger partial charge in [-0.05, 0) is 19.3 Å². The minimum atomic E-state index is -2.87. The van der Waals surface area contributed by atoms with E-state index in [9.17, 15) is 13.2 Å². The molecule has 0 aliphatic carbocycles. The fourth-order valence-electron chi connectivity index (χ4n) is 1.82. The van der Waals surface area contributed by atoms with Crippen molar-refractivity contribution in [1.82, 2.24) is 10.2 Å². The summed E-state index contributed by atoms with van der Waals surface area (Å²) in [4.78, 5) is 10.8. The summed E-state index contributed by atoms with van der Waals surface area (Å²) in [5.74, 6) is 1.31. The fraction of sp³-hybridized carbons (Fsp3) is 0.700. The molecule has 1 aliphatic rings. The van der Waals surface area contributed by atoms with Crippen LogP contribution in [-0.4, -0.2) is 41.7 Å². The van der Waals surface area contributed by atoms with Gasteiger partial charge in [0.2, 0.25) is 5.89 Å². The van der Waals surface area contributed by atoms with Crippen LogP contribution >= 0.6 is 11.8 Å². The van der Waals surface area contributed by atoms with E-state index in [0.717, 1.165) is 0 Å². The van der Waals surface area contributed by atoms with E-state index >= 15 is 0 Å². The molecule has 0 spiro atoms. The summed E-state index contributed by atoms with van der Waals surface area (Å²) in [6.07, 6.45) is 1.15. The Morgan fingerprint density at radius 3 is 2.89 bits per heavy atom. The van der Waals surface area contributed by atoms with Crippen molar-refractivity contribution in [1.29, 1.82) is 0 Å². The number of Topliss-reactive ketones (excluding diaryl/α,β-unsaturated/α-hetero) is 1. The lowest BCUT2D eigenvalue weighted by molar-refractivity contribution is -0.114. The predicted octanol–water partition coefficient (Wildman–Crippen LogP) is 0.728. The van der Waals surface area contributed by atoms with E-state index in [1.807, 2.05) is 0 Å². The Labute approximate surface area is 109 Å². The molecule has 0 unspecified atom stereocenters. The molecule has 0 radical (unpaired) electrons. The van der Waals surface area contributed by atoms with Gasteiger partial charge in [-0.25, -0.2) is 8.42 Å². The molecular formula is C10H14N2O4S2. The second kappa shape index (κ2) is 5.40. The average Bonchev–Trinajstić information content (AvgIpc) is 2.83. The van der Waals surface area contributed by atoms with Crippen LogP contribution in [0.2, 0.25) is 0 Å². The Hall–Kier alpha value is -0.890. The zero-order valence-electron chi connectivity index (χ0n) is 9.96. The normalized spacial score (nSPS) is 22.2. The highest BCUT2D eigenvalue weighted by atomic mass is 32.2. The number of hydrogen-bond donors (Lipinski definition) is 0. The van der Waals surface area contributed by atoms with E-state index in [1.54, 1.807) is 0 Å². The van der Waals surface area contributed by atoms with E-state index in [4.69, 9.17) is 4.42 Å². The molecule has 1 aliphatic heterocycles. The number of thioether (sulfide) groups is 1. The van der Waals surface area contributed by atoms with Crippen molar-refractivity contribution in [3.63, 3.8) is 0 Å². The predicted molar refractivity (Wildman–Crippen MR) is 66.2 cm³/mol. The Morgan fingerprint density at radius 1 is 1.50 bits per heavy atom. The SMILES string of the molecule is CC(=O)CSc1nnc(C[C@H]2CCS(=O)(=O)C2)o1. The van der Waals surface area contributed by atoms with Crippen molar-refractivity contribution >= 4 is 27.4 Å². The van der Waals surface area contributed by atoms with Gasteiger partial charge in [0.1, 0.15) is 5.78 Å². The molecule has 0 amide bonds. The fourth-order valence-corrected chi connectivity index (χ4v) is 4.26. The summed E-state index contributed by atoms with van der Waals surface area (Å²) < 4.78 is 28.0. The van der Waals surface area contributed by atoms with E-state index in [-0.39, 0.29) is 23.2 Å². The molecule has 100 valence electrons. The van der Waals surface area contributed by atoms with Gasteiger partial charge in [-0.2, -0.15) is 0 Å². The van der Waals surface area contributed by atoms with Gasteiger partial charge in [-0.15, -0.1) is 10.2 Å². The molecule has 2 heterocycles. The van der Waals surface area contributed by atoms with Crippen molar-refractivity contribution in [2.75, 3.05) is 17.3 Å². The molecule has 0 bridgehead atoms. The first-order chi connectivity index (χ1) is 8.44. The van der Waals surface area contributed by atoms with E-state index in [0.29, 0.717) is 29.7 Å². The molecule has 1 fully saturated rings. The summed E-state index contributed by atoms with van der Waals surface area (Å²) in [5, 5.41) is 8.04. The van der Waals surface area contributed by atoms with Crippen LogP contribution in [0.4, 0.5) is 0 Å². The third kappa shape index (κ3) is 3.81. The van der Waals surface area contributed by atoms with E-state index in [1.165, 1.54) is 18.7 Å². The first-order valence-corrected chi connectivity index (χ1v) is 8.40. The summed E-state index contributed by atoms with van der Waals surface area (Å²) in [6, 6.07) is 0. The summed E-state index contributed by atoms with van der Waals surface area (Å²) in [7, 11) is -2.87. The highest BCUT2D eigenvalue weighted by Crippen LogP contribution is 2.23. The molecule has 18 heavy (non-hydrogen) atoms. The zero-order chi connectivity index (χ0) is 13.2. The highest BCUT2D eigenvalue weighted by molar-refractivity contribution is 7.99. The molecule has 6 nitrogen and oxygen atoms in total. The topological polar surface area (TPSA) is 90.1 Å². The first-order valence-electron chi connectivity index (χ1n) is 5.59. The summed E-state index contributed by atoms with van der Waals surface area (Å²) in [5.41, 5.74) is 0. The number of sulfone groups is 1. The lowest BCUT2D eigenvalue weighted by Gasteiger charge is -2.01. The molecule has 1 aromatic rings. The van der Waals surface area contributed by atoms with E-state index < -0.39 is 9.84 Å². The van der Waals surface area contributed by atoms with Gasteiger partial charge in [0.25, 0.3) is 5.22 Å². The van der Waals surface area contributed by atoms with Crippen molar-refractivity contribution < 1.29 is 17.6 Å². The number of carbonyl (C=O) groups excluding carboxylic acids is 1. The number of rotatable bonds is 5. The van der Waals surface area contributed by atoms with Crippen LogP contribution in [0.15, 0.2) is 9.64 Å². The maximum atomic E-state index is 11.3. The number of ketones is 1. The number of aromatic nitrogens is 2. The smallest absolute Gasteiger partial charge is 0.277 e. The van der Waals surface area contributed by atoms with Crippen molar-refractivity contribution in [3.8, 4) is 0 Å². The minimum Gasteiger partial charge on any atom is -0.416 e. The summed E-state index contributed by atoms with van der Waals surface area (Å²) in [6.45, 7) is 1.49. The third-order valence-corrected chi connectivity index (χ3v) is 5.44. The lowest BCUT2D eigenvalue weighted by atomic mass is 10.1. The van der Waals surface area contributed by atoms with Crippen molar-refractivity contribution in [2.24, 2.45) is 5.92 Å². The monoisotopic (exact) mass is 290 g/mol. The molecule has 1 aromatic heterocycles. The van der Waals surface area contributed by atoms with Gasteiger partial charge in [-0.1, -0.05) is 11.8 Å². The lowest BCUT2D eigenvalue weighted by Crippen LogP contribution is -2.07. The quantitative estimate of drug-likeness (QED) is 0.738. The molecule has 1 saturated heterocycles. The number of nitrogens with zero attached hydrogens (tertiary/aromatic N) is 2. The molecule has 2 rings (SSSR count). The summed E-state index contributed by atoms with van der Waals surface area (Å²) >= 11 is 1.20. The molecule has 0 N–H and O–H groups in total. The number of carbonyl (C=O) groups is 1. The van der Waals surface area contributed by atoms with E-state index in [2.05, 4.69) is 10.2 Å². The second-order valence-corrected chi connectivity index (χ2v) is 7.58. The van der Waals surface area contributed by atoms with Gasteiger partial charge < -0.3 is 4.42 Å². The molecule has 0 saturated carbocycles. The highest BCUT2D eigenvalue weighted by Gasteiger charge is 2.29. The van der Waals surface area contributed by atoms with Gasteiger partial charge >= 0.3 is 0 Å². The maximum absolute atomic E-state index is 11.3. The van der Waals surface area contributed by atoms with Crippen LogP contribution < -0.4 is 0 Å². The first kappa shape index (κ1) is 13.5. The maximum Gasteiger partial charge on any atom is 0.277 e. The molecule has 0 aromatic carbocycles. The molecule has 8 heteroatoms. The van der Waals surface area contributed by atoms with Crippen LogP contribution in [0.1, 0.15) is 19.2 Å². The van der Waals surface area contributed by atoms with Crippen LogP contribution in [0.25, 0.3) is 0 Å². The third-order valence-electron chi connectivity index (χ3n) is 2.64. The molecular weight excluding hydrogens is 276 g/mol. The Bertz CT molecular complexity index is 538. The van der Waals surface area contributed by atoms with Crippen LogP contribution in [0.5, 0.6) is 0 Å².